The lowest BCUT2D eigenvalue weighted by molar-refractivity contribution is 0.417. The summed E-state index contributed by atoms with van der Waals surface area (Å²) in [6.45, 7) is 2.95. The van der Waals surface area contributed by atoms with E-state index >= 15 is 0 Å². The molecule has 0 amide bonds. The molecule has 0 aliphatic heterocycles. The second kappa shape index (κ2) is 7.84. The van der Waals surface area contributed by atoms with Crippen molar-refractivity contribution >= 4 is 37.8 Å². The van der Waals surface area contributed by atoms with Gasteiger partial charge in [-0.1, -0.05) is 6.92 Å². The van der Waals surface area contributed by atoms with Gasteiger partial charge in [0, 0.05) is 30.1 Å². The molecule has 3 aromatic rings. The fourth-order valence-corrected chi connectivity index (χ4v) is 3.42. The van der Waals surface area contributed by atoms with Crippen molar-refractivity contribution in [2.45, 2.75) is 18.2 Å². The van der Waals surface area contributed by atoms with Crippen LogP contribution in [-0.2, 0) is 9.84 Å². The molecule has 0 aliphatic rings. The summed E-state index contributed by atoms with van der Waals surface area (Å²) < 4.78 is 28.7. The number of aromatic nitrogens is 1. The molecule has 0 spiro atoms. The number of pyridine rings is 1. The SMILES string of the molecule is CCCNc1cc2c(Nc3ccc(S(C)(=O)=O)cc3)nccc2cc1OC. The molecule has 0 aliphatic carbocycles. The van der Waals surface area contributed by atoms with Crippen LogP contribution in [-0.4, -0.2) is 33.3 Å². The predicted octanol–water partition coefficient (Wildman–Crippen LogP) is 4.21. The Balaban J connectivity index is 1.98. The summed E-state index contributed by atoms with van der Waals surface area (Å²) in [4.78, 5) is 4.74. The second-order valence-electron chi connectivity index (χ2n) is 6.28. The lowest BCUT2D eigenvalue weighted by Crippen LogP contribution is -2.03. The predicted molar refractivity (Wildman–Crippen MR) is 110 cm³/mol. The molecule has 0 bridgehead atoms. The number of sulfone groups is 1. The molecule has 6 nitrogen and oxygen atoms in total. The molecule has 0 unspecified atom stereocenters. The number of rotatable bonds is 7. The number of nitrogens with zero attached hydrogens (tertiary/aromatic N) is 1. The van der Waals surface area contributed by atoms with Crippen LogP contribution in [0.25, 0.3) is 10.8 Å². The first-order valence-electron chi connectivity index (χ1n) is 8.70. The number of benzene rings is 2. The van der Waals surface area contributed by atoms with Crippen LogP contribution < -0.4 is 15.4 Å². The van der Waals surface area contributed by atoms with Gasteiger partial charge < -0.3 is 15.4 Å². The van der Waals surface area contributed by atoms with Gasteiger partial charge in [0.1, 0.15) is 11.6 Å². The maximum absolute atomic E-state index is 11.6. The van der Waals surface area contributed by atoms with Crippen LogP contribution in [0.2, 0.25) is 0 Å². The molecule has 1 aromatic heterocycles. The zero-order chi connectivity index (χ0) is 19.4. The summed E-state index contributed by atoms with van der Waals surface area (Å²) in [6, 6.07) is 12.6. The van der Waals surface area contributed by atoms with E-state index in [-0.39, 0.29) is 4.90 Å². The molecular formula is C20H23N3O3S. The molecule has 0 atom stereocenters. The number of methoxy groups -OCH3 is 1. The molecule has 0 saturated heterocycles. The Labute approximate surface area is 159 Å². The van der Waals surface area contributed by atoms with Gasteiger partial charge in [0.25, 0.3) is 0 Å². The summed E-state index contributed by atoms with van der Waals surface area (Å²) in [5.74, 6) is 1.48. The highest BCUT2D eigenvalue weighted by molar-refractivity contribution is 7.90. The number of hydrogen-bond acceptors (Lipinski definition) is 6. The van der Waals surface area contributed by atoms with Gasteiger partial charge in [0.05, 0.1) is 17.7 Å². The van der Waals surface area contributed by atoms with Crippen molar-refractivity contribution in [3.05, 3.63) is 48.7 Å². The van der Waals surface area contributed by atoms with E-state index in [0.717, 1.165) is 40.9 Å². The molecule has 2 N–H and O–H groups in total. The van der Waals surface area contributed by atoms with Crippen LogP contribution in [0.3, 0.4) is 0 Å². The average Bonchev–Trinajstić information content (AvgIpc) is 2.65. The van der Waals surface area contributed by atoms with E-state index in [9.17, 15) is 8.42 Å². The topological polar surface area (TPSA) is 80.3 Å². The van der Waals surface area contributed by atoms with Crippen LogP contribution in [0.5, 0.6) is 5.75 Å². The second-order valence-corrected chi connectivity index (χ2v) is 8.30. The summed E-state index contributed by atoms with van der Waals surface area (Å²) >= 11 is 0. The third-order valence-electron chi connectivity index (χ3n) is 4.20. The maximum Gasteiger partial charge on any atom is 0.175 e. The smallest absolute Gasteiger partial charge is 0.175 e. The van der Waals surface area contributed by atoms with E-state index in [1.165, 1.54) is 6.26 Å². The Morgan fingerprint density at radius 2 is 1.85 bits per heavy atom. The van der Waals surface area contributed by atoms with Gasteiger partial charge in [-0.25, -0.2) is 13.4 Å². The molecule has 0 saturated carbocycles. The van der Waals surface area contributed by atoms with E-state index in [2.05, 4.69) is 22.5 Å². The van der Waals surface area contributed by atoms with Gasteiger partial charge in [0.2, 0.25) is 0 Å². The highest BCUT2D eigenvalue weighted by Gasteiger charge is 2.10. The number of fused-ring (bicyclic) bond motifs is 1. The van der Waals surface area contributed by atoms with Crippen LogP contribution in [0.15, 0.2) is 53.6 Å². The molecule has 27 heavy (non-hydrogen) atoms. The molecule has 0 radical (unpaired) electrons. The molecule has 0 fully saturated rings. The van der Waals surface area contributed by atoms with E-state index in [1.807, 2.05) is 18.2 Å². The zero-order valence-corrected chi connectivity index (χ0v) is 16.4. The fourth-order valence-electron chi connectivity index (χ4n) is 2.79. The van der Waals surface area contributed by atoms with E-state index in [0.29, 0.717) is 5.82 Å². The van der Waals surface area contributed by atoms with E-state index < -0.39 is 9.84 Å². The molecule has 142 valence electrons. The standard InChI is InChI=1S/C20H23N3O3S/c1-4-10-21-18-13-17-14(12-19(18)26-2)9-11-22-20(17)23-15-5-7-16(8-6-15)27(3,24)25/h5-9,11-13,21H,4,10H2,1-3H3,(H,22,23). The molecule has 3 rings (SSSR count). The number of ether oxygens (including phenoxy) is 1. The lowest BCUT2D eigenvalue weighted by atomic mass is 10.1. The average molecular weight is 385 g/mol. The summed E-state index contributed by atoms with van der Waals surface area (Å²) in [7, 11) is -1.56. The molecule has 7 heteroatoms. The minimum Gasteiger partial charge on any atom is -0.495 e. The van der Waals surface area contributed by atoms with Crippen molar-refractivity contribution in [2.24, 2.45) is 0 Å². The van der Waals surface area contributed by atoms with Crippen LogP contribution in [0, 0.1) is 0 Å². The van der Waals surface area contributed by atoms with Gasteiger partial charge in [-0.05, 0) is 54.3 Å². The van der Waals surface area contributed by atoms with Gasteiger partial charge >= 0.3 is 0 Å². The zero-order valence-electron chi connectivity index (χ0n) is 15.6. The minimum atomic E-state index is -3.21. The van der Waals surface area contributed by atoms with Crippen molar-refractivity contribution in [1.29, 1.82) is 0 Å². The summed E-state index contributed by atoms with van der Waals surface area (Å²) in [5, 5.41) is 8.59. The van der Waals surface area contributed by atoms with Crippen molar-refractivity contribution in [3.63, 3.8) is 0 Å². The fraction of sp³-hybridized carbons (Fsp3) is 0.250. The maximum atomic E-state index is 11.6. The largest absolute Gasteiger partial charge is 0.495 e. The molecular weight excluding hydrogens is 362 g/mol. The Morgan fingerprint density at radius 3 is 2.48 bits per heavy atom. The Bertz CT molecular complexity index is 1050. The van der Waals surface area contributed by atoms with Gasteiger partial charge in [-0.15, -0.1) is 0 Å². The van der Waals surface area contributed by atoms with Crippen molar-refractivity contribution in [3.8, 4) is 5.75 Å². The Hall–Kier alpha value is -2.80. The summed E-state index contributed by atoms with van der Waals surface area (Å²) in [5.41, 5.74) is 1.68. The van der Waals surface area contributed by atoms with Crippen molar-refractivity contribution in [2.75, 3.05) is 30.5 Å². The third-order valence-corrected chi connectivity index (χ3v) is 5.32. The quantitative estimate of drug-likeness (QED) is 0.634. The Kier molecular flexibility index (Phi) is 5.51. The van der Waals surface area contributed by atoms with Crippen LogP contribution >= 0.6 is 0 Å². The Morgan fingerprint density at radius 1 is 1.11 bits per heavy atom. The highest BCUT2D eigenvalue weighted by Crippen LogP contribution is 2.34. The van der Waals surface area contributed by atoms with Gasteiger partial charge in [0.15, 0.2) is 9.84 Å². The molecule has 2 aromatic carbocycles. The normalized spacial score (nSPS) is 11.4. The number of anilines is 3. The van der Waals surface area contributed by atoms with Crippen LogP contribution in [0.1, 0.15) is 13.3 Å². The van der Waals surface area contributed by atoms with E-state index in [4.69, 9.17) is 4.74 Å². The van der Waals surface area contributed by atoms with Gasteiger partial charge in [-0.3, -0.25) is 0 Å². The first-order valence-corrected chi connectivity index (χ1v) is 10.6. The minimum absolute atomic E-state index is 0.287. The number of nitrogens with one attached hydrogen (secondary N) is 2. The molecule has 1 heterocycles. The number of hydrogen-bond donors (Lipinski definition) is 2. The third kappa shape index (κ3) is 4.31. The summed E-state index contributed by atoms with van der Waals surface area (Å²) in [6.07, 6.45) is 3.93. The first kappa shape index (κ1) is 19.0. The first-order chi connectivity index (χ1) is 12.9. The highest BCUT2D eigenvalue weighted by atomic mass is 32.2. The van der Waals surface area contributed by atoms with E-state index in [1.54, 1.807) is 37.6 Å². The van der Waals surface area contributed by atoms with Crippen LogP contribution in [0.4, 0.5) is 17.2 Å². The lowest BCUT2D eigenvalue weighted by Gasteiger charge is -2.14. The van der Waals surface area contributed by atoms with Crippen molar-refractivity contribution < 1.29 is 13.2 Å². The van der Waals surface area contributed by atoms with Gasteiger partial charge in [-0.2, -0.15) is 0 Å². The van der Waals surface area contributed by atoms with Crippen molar-refractivity contribution in [1.82, 2.24) is 4.98 Å². The monoisotopic (exact) mass is 385 g/mol.